The molecule has 2 N–H and O–H groups in total. The molecular weight excluding hydrogens is 394 g/mol. The van der Waals surface area contributed by atoms with Gasteiger partial charge in [0.15, 0.2) is 5.69 Å². The van der Waals surface area contributed by atoms with Crippen molar-refractivity contribution in [1.29, 1.82) is 0 Å². The Labute approximate surface area is 170 Å². The first-order valence-electron chi connectivity index (χ1n) is 9.71. The van der Waals surface area contributed by atoms with Crippen LogP contribution in [-0.2, 0) is 4.74 Å². The zero-order valence-electron chi connectivity index (χ0n) is 15.6. The van der Waals surface area contributed by atoms with Crippen LogP contribution < -0.4 is 4.74 Å². The van der Waals surface area contributed by atoms with Crippen LogP contribution in [0, 0.1) is 11.8 Å². The number of furan rings is 1. The minimum absolute atomic E-state index is 0.00636. The summed E-state index contributed by atoms with van der Waals surface area (Å²) in [5, 5.41) is 22.9. The topological polar surface area (TPSA) is 102 Å². The lowest BCUT2D eigenvalue weighted by Crippen LogP contribution is -2.33. The van der Waals surface area contributed by atoms with Crippen LogP contribution in [0.1, 0.15) is 40.9 Å². The van der Waals surface area contributed by atoms with Crippen LogP contribution in [-0.4, -0.2) is 40.0 Å². The number of ether oxygens (including phenoxy) is 2. The van der Waals surface area contributed by atoms with Crippen molar-refractivity contribution in [3.8, 4) is 5.75 Å². The summed E-state index contributed by atoms with van der Waals surface area (Å²) in [7, 11) is 0. The molecule has 0 spiro atoms. The van der Waals surface area contributed by atoms with Crippen LogP contribution >= 0.6 is 11.3 Å². The summed E-state index contributed by atoms with van der Waals surface area (Å²) in [6.07, 6.45) is 3.12. The fourth-order valence-electron chi connectivity index (χ4n) is 4.51. The zero-order chi connectivity index (χ0) is 20.0. The SMILES string of the molecule is O=C(O)c1csc([C@H]2CC[C@@H]3[C@@H](COc4ccc5occc5c4)[C@H](O)C[C@@H]3O2)n1. The molecular formula is C21H21NO6S. The number of rotatable bonds is 5. The number of fused-ring (bicyclic) bond motifs is 2. The van der Waals surface area contributed by atoms with E-state index in [-0.39, 0.29) is 29.7 Å². The molecule has 1 aliphatic carbocycles. The van der Waals surface area contributed by atoms with Crippen molar-refractivity contribution in [3.63, 3.8) is 0 Å². The molecule has 1 aromatic carbocycles. The molecule has 2 aliphatic rings. The molecule has 0 unspecified atom stereocenters. The van der Waals surface area contributed by atoms with Crippen LogP contribution in [0.5, 0.6) is 5.75 Å². The third-order valence-electron chi connectivity index (χ3n) is 5.98. The maximum absolute atomic E-state index is 11.1. The lowest BCUT2D eigenvalue weighted by Gasteiger charge is -2.33. The number of carboxylic acids is 1. The average molecular weight is 415 g/mol. The molecule has 7 nitrogen and oxygen atoms in total. The number of aliphatic hydroxyl groups is 1. The van der Waals surface area contributed by atoms with E-state index in [0.29, 0.717) is 18.0 Å². The molecule has 2 fully saturated rings. The van der Waals surface area contributed by atoms with Gasteiger partial charge in [-0.1, -0.05) is 0 Å². The molecule has 29 heavy (non-hydrogen) atoms. The molecule has 2 aromatic heterocycles. The quantitative estimate of drug-likeness (QED) is 0.652. The molecule has 0 amide bonds. The third-order valence-corrected chi connectivity index (χ3v) is 6.92. The van der Waals surface area contributed by atoms with Gasteiger partial charge in [-0.2, -0.15) is 0 Å². The Morgan fingerprint density at radius 2 is 2.21 bits per heavy atom. The molecule has 1 saturated carbocycles. The summed E-state index contributed by atoms with van der Waals surface area (Å²) in [5.74, 6) is -0.0406. The van der Waals surface area contributed by atoms with Crippen molar-refractivity contribution in [1.82, 2.24) is 4.98 Å². The summed E-state index contributed by atoms with van der Waals surface area (Å²) < 4.78 is 17.6. The number of aliphatic hydroxyl groups excluding tert-OH is 1. The van der Waals surface area contributed by atoms with Gasteiger partial charge in [0.05, 0.1) is 25.1 Å². The highest BCUT2D eigenvalue weighted by atomic mass is 32.1. The van der Waals surface area contributed by atoms with E-state index in [1.54, 1.807) is 11.6 Å². The smallest absolute Gasteiger partial charge is 0.355 e. The van der Waals surface area contributed by atoms with Crippen molar-refractivity contribution in [2.45, 2.75) is 37.6 Å². The van der Waals surface area contributed by atoms with Gasteiger partial charge in [0.25, 0.3) is 0 Å². The lowest BCUT2D eigenvalue weighted by atomic mass is 9.87. The summed E-state index contributed by atoms with van der Waals surface area (Å²) in [5.41, 5.74) is 0.876. The molecule has 5 rings (SSSR count). The fourth-order valence-corrected chi connectivity index (χ4v) is 5.37. The highest BCUT2D eigenvalue weighted by Crippen LogP contribution is 2.46. The number of aromatic nitrogens is 1. The van der Waals surface area contributed by atoms with Gasteiger partial charge in [0, 0.05) is 23.1 Å². The highest BCUT2D eigenvalue weighted by Gasteiger charge is 2.47. The molecule has 5 atom stereocenters. The Balaban J connectivity index is 1.23. The first kappa shape index (κ1) is 18.6. The molecule has 3 heterocycles. The minimum atomic E-state index is -1.02. The minimum Gasteiger partial charge on any atom is -0.493 e. The molecule has 1 saturated heterocycles. The van der Waals surface area contributed by atoms with E-state index in [2.05, 4.69) is 4.98 Å². The largest absolute Gasteiger partial charge is 0.493 e. The Bertz CT molecular complexity index is 1030. The Morgan fingerprint density at radius 1 is 1.31 bits per heavy atom. The number of hydrogen-bond acceptors (Lipinski definition) is 7. The molecule has 152 valence electrons. The number of carboxylic acid groups (broad SMARTS) is 1. The Kier molecular flexibility index (Phi) is 4.77. The molecule has 0 radical (unpaired) electrons. The second-order valence-corrected chi connectivity index (χ2v) is 8.57. The number of thiazole rings is 1. The molecule has 1 aliphatic heterocycles. The predicted molar refractivity (Wildman–Crippen MR) is 105 cm³/mol. The molecule has 8 heteroatoms. The van der Waals surface area contributed by atoms with Crippen LogP contribution in [0.25, 0.3) is 11.0 Å². The fraction of sp³-hybridized carbons (Fsp3) is 0.429. The van der Waals surface area contributed by atoms with E-state index in [4.69, 9.17) is 19.0 Å². The second kappa shape index (κ2) is 7.44. The zero-order valence-corrected chi connectivity index (χ0v) is 16.4. The summed E-state index contributed by atoms with van der Waals surface area (Å²) in [4.78, 5) is 15.2. The normalized spacial score (nSPS) is 29.1. The highest BCUT2D eigenvalue weighted by molar-refractivity contribution is 7.09. The van der Waals surface area contributed by atoms with Crippen molar-refractivity contribution in [3.05, 3.63) is 46.6 Å². The number of hydrogen-bond donors (Lipinski definition) is 2. The van der Waals surface area contributed by atoms with E-state index in [1.165, 1.54) is 11.3 Å². The van der Waals surface area contributed by atoms with Crippen molar-refractivity contribution >= 4 is 28.3 Å². The van der Waals surface area contributed by atoms with E-state index >= 15 is 0 Å². The van der Waals surface area contributed by atoms with E-state index in [1.807, 2.05) is 24.3 Å². The van der Waals surface area contributed by atoms with Gasteiger partial charge < -0.3 is 24.1 Å². The van der Waals surface area contributed by atoms with E-state index < -0.39 is 12.1 Å². The number of nitrogens with zero attached hydrogens (tertiary/aromatic N) is 1. The number of carbonyl (C=O) groups is 1. The van der Waals surface area contributed by atoms with Crippen LogP contribution in [0.2, 0.25) is 0 Å². The average Bonchev–Trinajstić information content (AvgIpc) is 3.43. The van der Waals surface area contributed by atoms with E-state index in [9.17, 15) is 9.90 Å². The van der Waals surface area contributed by atoms with Crippen molar-refractivity contribution in [2.24, 2.45) is 11.8 Å². The summed E-state index contributed by atoms with van der Waals surface area (Å²) in [6, 6.07) is 7.59. The number of aromatic carboxylic acids is 1. The standard InChI is InChI=1S/C21H21NO6S/c23-16-8-19-13(2-4-18(28-19)20-22-15(10-29-20)21(24)25)14(16)9-27-12-1-3-17-11(7-12)5-6-26-17/h1,3,5-7,10,13-14,16,18-19,23H,2,4,8-9H2,(H,24,25)/t13-,14-,16-,18-,19+/m1/s1. The maximum atomic E-state index is 11.1. The second-order valence-electron chi connectivity index (χ2n) is 7.68. The Morgan fingerprint density at radius 3 is 3.03 bits per heavy atom. The van der Waals surface area contributed by atoms with Gasteiger partial charge in [-0.05, 0) is 43.0 Å². The monoisotopic (exact) mass is 415 g/mol. The van der Waals surface area contributed by atoms with Gasteiger partial charge in [0.1, 0.15) is 22.4 Å². The predicted octanol–water partition coefficient (Wildman–Crippen LogP) is 3.88. The van der Waals surface area contributed by atoms with Crippen LogP contribution in [0.3, 0.4) is 0 Å². The van der Waals surface area contributed by atoms with Gasteiger partial charge >= 0.3 is 5.97 Å². The van der Waals surface area contributed by atoms with Gasteiger partial charge in [-0.15, -0.1) is 11.3 Å². The van der Waals surface area contributed by atoms with Gasteiger partial charge in [0.2, 0.25) is 0 Å². The third kappa shape index (κ3) is 3.52. The summed E-state index contributed by atoms with van der Waals surface area (Å²) >= 11 is 1.32. The van der Waals surface area contributed by atoms with E-state index in [0.717, 1.165) is 29.6 Å². The number of benzene rings is 1. The van der Waals surface area contributed by atoms with Crippen LogP contribution in [0.15, 0.2) is 40.3 Å². The first-order valence-corrected chi connectivity index (χ1v) is 10.6. The Hall–Kier alpha value is -2.42. The summed E-state index contributed by atoms with van der Waals surface area (Å²) in [6.45, 7) is 0.431. The lowest BCUT2D eigenvalue weighted by molar-refractivity contribution is -0.0811. The van der Waals surface area contributed by atoms with Gasteiger partial charge in [-0.3, -0.25) is 0 Å². The maximum Gasteiger partial charge on any atom is 0.355 e. The van der Waals surface area contributed by atoms with Gasteiger partial charge in [-0.25, -0.2) is 9.78 Å². The van der Waals surface area contributed by atoms with Crippen molar-refractivity contribution < 1.29 is 28.9 Å². The van der Waals surface area contributed by atoms with Crippen molar-refractivity contribution in [2.75, 3.05) is 6.61 Å². The molecule has 0 bridgehead atoms. The first-order chi connectivity index (χ1) is 14.1. The van der Waals surface area contributed by atoms with Crippen LogP contribution in [0.4, 0.5) is 0 Å². The molecule has 3 aromatic rings.